The van der Waals surface area contributed by atoms with Gasteiger partial charge in [0.15, 0.2) is 11.5 Å². The third-order valence-corrected chi connectivity index (χ3v) is 4.27. The first-order valence-corrected chi connectivity index (χ1v) is 8.33. The Balaban J connectivity index is 1.84. The van der Waals surface area contributed by atoms with Crippen LogP contribution in [0, 0.1) is 0 Å². The standard InChI is InChI=1S/C21H20N2O4/c1-23(16-9-10-18(26-2)19(13-16)27-3)20(24)11-8-15-12-14-6-4-5-7-17(14)22-21(15)25/h4-13H,1-3H3,(H,22,25)/b11-8+. The van der Waals surface area contributed by atoms with Crippen LogP contribution in [0.3, 0.4) is 0 Å². The van der Waals surface area contributed by atoms with Crippen molar-refractivity contribution >= 4 is 28.6 Å². The molecule has 3 aromatic rings. The van der Waals surface area contributed by atoms with E-state index in [0.29, 0.717) is 22.7 Å². The molecular weight excluding hydrogens is 344 g/mol. The molecule has 0 saturated heterocycles. The zero-order chi connectivity index (χ0) is 19.4. The molecule has 3 rings (SSSR count). The van der Waals surface area contributed by atoms with Crippen molar-refractivity contribution in [2.24, 2.45) is 0 Å². The molecule has 138 valence electrons. The van der Waals surface area contributed by atoms with E-state index in [0.717, 1.165) is 10.9 Å². The number of benzene rings is 2. The zero-order valence-electron chi connectivity index (χ0n) is 15.4. The Hall–Kier alpha value is -3.54. The summed E-state index contributed by atoms with van der Waals surface area (Å²) in [6.07, 6.45) is 2.89. The monoisotopic (exact) mass is 364 g/mol. The molecule has 0 spiro atoms. The predicted molar refractivity (Wildman–Crippen MR) is 107 cm³/mol. The van der Waals surface area contributed by atoms with Crippen LogP contribution in [0.15, 0.2) is 59.4 Å². The smallest absolute Gasteiger partial charge is 0.255 e. The molecule has 0 radical (unpaired) electrons. The van der Waals surface area contributed by atoms with Crippen LogP contribution in [0.2, 0.25) is 0 Å². The van der Waals surface area contributed by atoms with Gasteiger partial charge < -0.3 is 19.4 Å². The first kappa shape index (κ1) is 18.3. The van der Waals surface area contributed by atoms with E-state index >= 15 is 0 Å². The number of para-hydroxylation sites is 1. The number of hydrogen-bond acceptors (Lipinski definition) is 4. The summed E-state index contributed by atoms with van der Waals surface area (Å²) in [6, 6.07) is 14.5. The van der Waals surface area contributed by atoms with Crippen molar-refractivity contribution in [3.63, 3.8) is 0 Å². The van der Waals surface area contributed by atoms with Gasteiger partial charge in [-0.15, -0.1) is 0 Å². The lowest BCUT2D eigenvalue weighted by Gasteiger charge is -2.17. The molecule has 1 amide bonds. The predicted octanol–water partition coefficient (Wildman–Crippen LogP) is 3.22. The number of nitrogens with one attached hydrogen (secondary N) is 1. The zero-order valence-corrected chi connectivity index (χ0v) is 15.4. The van der Waals surface area contributed by atoms with Gasteiger partial charge in [0.05, 0.1) is 14.2 Å². The van der Waals surface area contributed by atoms with Crippen LogP contribution in [-0.2, 0) is 4.79 Å². The van der Waals surface area contributed by atoms with Gasteiger partial charge in [-0.3, -0.25) is 9.59 Å². The van der Waals surface area contributed by atoms with Gasteiger partial charge in [0.25, 0.3) is 11.5 Å². The molecule has 0 bridgehead atoms. The molecule has 1 N–H and O–H groups in total. The minimum Gasteiger partial charge on any atom is -0.493 e. The molecule has 0 aliphatic carbocycles. The number of carbonyl (C=O) groups excluding carboxylic acids is 1. The van der Waals surface area contributed by atoms with Crippen molar-refractivity contribution < 1.29 is 14.3 Å². The van der Waals surface area contributed by atoms with Crippen molar-refractivity contribution in [1.82, 2.24) is 4.98 Å². The van der Waals surface area contributed by atoms with Gasteiger partial charge in [0.1, 0.15) is 0 Å². The number of nitrogens with zero attached hydrogens (tertiary/aromatic N) is 1. The number of ether oxygens (including phenoxy) is 2. The third-order valence-electron chi connectivity index (χ3n) is 4.27. The number of H-pyrrole nitrogens is 1. The first-order chi connectivity index (χ1) is 13.0. The van der Waals surface area contributed by atoms with Gasteiger partial charge in [-0.05, 0) is 35.7 Å². The summed E-state index contributed by atoms with van der Waals surface area (Å²) in [7, 11) is 4.74. The van der Waals surface area contributed by atoms with Gasteiger partial charge in [-0.25, -0.2) is 0 Å². The number of likely N-dealkylation sites (N-methyl/N-ethyl adjacent to an activating group) is 1. The average molecular weight is 364 g/mol. The molecule has 0 aliphatic heterocycles. The number of rotatable bonds is 5. The second-order valence-electron chi connectivity index (χ2n) is 5.91. The van der Waals surface area contributed by atoms with Gasteiger partial charge in [-0.1, -0.05) is 18.2 Å². The molecule has 1 heterocycles. The van der Waals surface area contributed by atoms with Crippen molar-refractivity contribution in [3.05, 3.63) is 70.5 Å². The highest BCUT2D eigenvalue weighted by molar-refractivity contribution is 6.03. The Morgan fingerprint density at radius 2 is 1.78 bits per heavy atom. The van der Waals surface area contributed by atoms with Crippen molar-refractivity contribution in [2.75, 3.05) is 26.2 Å². The minimum absolute atomic E-state index is 0.244. The lowest BCUT2D eigenvalue weighted by atomic mass is 10.1. The van der Waals surface area contributed by atoms with Gasteiger partial charge in [0, 0.05) is 36.0 Å². The van der Waals surface area contributed by atoms with Crippen LogP contribution < -0.4 is 19.9 Å². The van der Waals surface area contributed by atoms with Gasteiger partial charge in [0.2, 0.25) is 0 Å². The molecular formula is C21H20N2O4. The number of anilines is 1. The van der Waals surface area contributed by atoms with E-state index < -0.39 is 0 Å². The number of pyridine rings is 1. The highest BCUT2D eigenvalue weighted by atomic mass is 16.5. The molecule has 0 atom stereocenters. The second kappa shape index (κ2) is 7.78. The molecule has 0 fully saturated rings. The summed E-state index contributed by atoms with van der Waals surface area (Å²) in [5.74, 6) is 0.847. The Kier molecular flexibility index (Phi) is 5.26. The van der Waals surface area contributed by atoms with Crippen LogP contribution in [0.5, 0.6) is 11.5 Å². The summed E-state index contributed by atoms with van der Waals surface area (Å²) in [6.45, 7) is 0. The highest BCUT2D eigenvalue weighted by Crippen LogP contribution is 2.31. The fourth-order valence-electron chi connectivity index (χ4n) is 2.72. The number of aromatic amines is 1. The number of hydrogen-bond donors (Lipinski definition) is 1. The van der Waals surface area contributed by atoms with Crippen molar-refractivity contribution in [1.29, 1.82) is 0 Å². The Labute approximate surface area is 156 Å². The second-order valence-corrected chi connectivity index (χ2v) is 5.91. The largest absolute Gasteiger partial charge is 0.493 e. The Bertz CT molecular complexity index is 1070. The quantitative estimate of drug-likeness (QED) is 0.706. The molecule has 6 nitrogen and oxygen atoms in total. The van der Waals surface area contributed by atoms with E-state index in [1.165, 1.54) is 24.2 Å². The van der Waals surface area contributed by atoms with Crippen LogP contribution in [0.25, 0.3) is 17.0 Å². The van der Waals surface area contributed by atoms with E-state index in [9.17, 15) is 9.59 Å². The molecule has 0 unspecified atom stereocenters. The van der Waals surface area contributed by atoms with E-state index in [2.05, 4.69) is 4.98 Å². The fraction of sp³-hybridized carbons (Fsp3) is 0.143. The normalized spacial score (nSPS) is 10.9. The molecule has 27 heavy (non-hydrogen) atoms. The van der Waals surface area contributed by atoms with Crippen LogP contribution >= 0.6 is 0 Å². The maximum atomic E-state index is 12.5. The maximum Gasteiger partial charge on any atom is 0.255 e. The molecule has 2 aromatic carbocycles. The first-order valence-electron chi connectivity index (χ1n) is 8.33. The Morgan fingerprint density at radius 3 is 2.52 bits per heavy atom. The summed E-state index contributed by atoms with van der Waals surface area (Å²) < 4.78 is 10.5. The Morgan fingerprint density at radius 1 is 1.04 bits per heavy atom. The minimum atomic E-state index is -0.269. The number of fused-ring (bicyclic) bond motifs is 1. The van der Waals surface area contributed by atoms with E-state index in [-0.39, 0.29) is 11.5 Å². The van der Waals surface area contributed by atoms with Crippen LogP contribution in [0.4, 0.5) is 5.69 Å². The molecule has 0 saturated carbocycles. The summed E-state index contributed by atoms with van der Waals surface area (Å²) in [5.41, 5.74) is 1.58. The van der Waals surface area contributed by atoms with Gasteiger partial charge >= 0.3 is 0 Å². The van der Waals surface area contributed by atoms with Crippen LogP contribution in [-0.4, -0.2) is 32.2 Å². The van der Waals surface area contributed by atoms with E-state index in [1.807, 2.05) is 24.3 Å². The topological polar surface area (TPSA) is 71.6 Å². The lowest BCUT2D eigenvalue weighted by Crippen LogP contribution is -2.24. The van der Waals surface area contributed by atoms with Crippen molar-refractivity contribution in [3.8, 4) is 11.5 Å². The number of carbonyl (C=O) groups is 1. The molecule has 0 aliphatic rings. The molecule has 6 heteroatoms. The van der Waals surface area contributed by atoms with Crippen molar-refractivity contribution in [2.45, 2.75) is 0 Å². The summed E-state index contributed by atoms with van der Waals surface area (Å²) in [5, 5.41) is 0.900. The highest BCUT2D eigenvalue weighted by Gasteiger charge is 2.12. The summed E-state index contributed by atoms with van der Waals surface area (Å²) in [4.78, 5) is 29.0. The fourth-order valence-corrected chi connectivity index (χ4v) is 2.72. The number of methoxy groups -OCH3 is 2. The lowest BCUT2D eigenvalue weighted by molar-refractivity contribution is -0.113. The number of aromatic nitrogens is 1. The number of amides is 1. The SMILES string of the molecule is COc1ccc(N(C)C(=O)/C=C/c2cc3ccccc3[nH]c2=O)cc1OC. The molecule has 1 aromatic heterocycles. The van der Waals surface area contributed by atoms with Gasteiger partial charge in [-0.2, -0.15) is 0 Å². The third kappa shape index (κ3) is 3.84. The maximum absolute atomic E-state index is 12.5. The van der Waals surface area contributed by atoms with E-state index in [1.54, 1.807) is 38.4 Å². The van der Waals surface area contributed by atoms with Crippen LogP contribution in [0.1, 0.15) is 5.56 Å². The summed E-state index contributed by atoms with van der Waals surface area (Å²) >= 11 is 0. The average Bonchev–Trinajstić information content (AvgIpc) is 2.70. The van der Waals surface area contributed by atoms with E-state index in [4.69, 9.17) is 9.47 Å².